The van der Waals surface area contributed by atoms with Gasteiger partial charge < -0.3 is 10.1 Å². The summed E-state index contributed by atoms with van der Waals surface area (Å²) in [6.45, 7) is 1.64. The lowest BCUT2D eigenvalue weighted by Crippen LogP contribution is -2.30. The van der Waals surface area contributed by atoms with Gasteiger partial charge in [-0.25, -0.2) is 4.79 Å². The maximum atomic E-state index is 13.3. The molecule has 3 rings (SSSR count). The highest BCUT2D eigenvalue weighted by Crippen LogP contribution is 2.37. The summed E-state index contributed by atoms with van der Waals surface area (Å²) in [7, 11) is 1.09. The molecule has 1 aliphatic rings. The van der Waals surface area contributed by atoms with Crippen molar-refractivity contribution in [1.82, 2.24) is 4.90 Å². The lowest BCUT2D eigenvalue weighted by molar-refractivity contribution is -0.143. The summed E-state index contributed by atoms with van der Waals surface area (Å²) >= 11 is 0. The number of benzene rings is 2. The monoisotopic (exact) mass is 544 g/mol. The van der Waals surface area contributed by atoms with Crippen molar-refractivity contribution in [3.63, 3.8) is 0 Å². The van der Waals surface area contributed by atoms with Gasteiger partial charge in [0.25, 0.3) is 0 Å². The highest BCUT2D eigenvalue weighted by molar-refractivity contribution is 5.78. The third kappa shape index (κ3) is 7.64. The van der Waals surface area contributed by atoms with Crippen molar-refractivity contribution in [2.45, 2.75) is 70.9 Å². The number of carbonyl (C=O) groups excluding carboxylic acids is 2. The minimum absolute atomic E-state index is 0.0534. The molecule has 0 saturated carbocycles. The smallest absolute Gasteiger partial charge is 0.416 e. The Morgan fingerprint density at radius 3 is 2.08 bits per heavy atom. The van der Waals surface area contributed by atoms with Crippen molar-refractivity contribution < 1.29 is 40.7 Å². The first-order valence-corrected chi connectivity index (χ1v) is 12.3. The fourth-order valence-electron chi connectivity index (χ4n) is 4.51. The first kappa shape index (κ1) is 29.3. The molecule has 1 N–H and O–H groups in total. The zero-order valence-electron chi connectivity index (χ0n) is 21.2. The molecule has 2 aromatic rings. The number of halogens is 6. The Morgan fingerprint density at radius 1 is 0.921 bits per heavy atom. The molecule has 0 atom stereocenters. The average Bonchev–Trinajstić information content (AvgIpc) is 3.31. The molecule has 0 bridgehead atoms. The predicted molar refractivity (Wildman–Crippen MR) is 130 cm³/mol. The van der Waals surface area contributed by atoms with Crippen molar-refractivity contribution in [2.24, 2.45) is 0 Å². The predicted octanol–water partition coefficient (Wildman–Crippen LogP) is 7.15. The molecular weight excluding hydrogens is 514 g/mol. The van der Waals surface area contributed by atoms with Crippen LogP contribution in [0.15, 0.2) is 30.3 Å². The van der Waals surface area contributed by atoms with Crippen LogP contribution in [0.1, 0.15) is 66.0 Å². The van der Waals surface area contributed by atoms with Gasteiger partial charge in [-0.2, -0.15) is 26.3 Å². The number of carbonyl (C=O) groups is 2. The fourth-order valence-corrected chi connectivity index (χ4v) is 4.51. The number of aryl methyl sites for hydroxylation is 2. The molecule has 0 heterocycles. The lowest BCUT2D eigenvalue weighted by Gasteiger charge is -2.25. The maximum absolute atomic E-state index is 13.3. The van der Waals surface area contributed by atoms with Crippen LogP contribution in [-0.2, 0) is 47.8 Å². The van der Waals surface area contributed by atoms with E-state index in [9.17, 15) is 35.9 Å². The third-order valence-electron chi connectivity index (χ3n) is 6.47. The number of fused-ring (bicyclic) bond motifs is 1. The summed E-state index contributed by atoms with van der Waals surface area (Å²) in [5, 5.41) is 3.28. The summed E-state index contributed by atoms with van der Waals surface area (Å²) in [5.74, 6) is 0.136. The second kappa shape index (κ2) is 12.1. The molecule has 11 heteroatoms. The number of Topliss-reactive ketones (excluding diaryl/α,β-unsaturated/α-hetero) is 1. The van der Waals surface area contributed by atoms with Crippen LogP contribution in [0.5, 0.6) is 0 Å². The van der Waals surface area contributed by atoms with E-state index in [1.807, 2.05) is 12.1 Å². The van der Waals surface area contributed by atoms with Gasteiger partial charge in [-0.3, -0.25) is 9.69 Å². The van der Waals surface area contributed by atoms with Crippen molar-refractivity contribution in [3.8, 4) is 0 Å². The highest BCUT2D eigenvalue weighted by atomic mass is 19.4. The topological polar surface area (TPSA) is 58.6 Å². The molecule has 0 radical (unpaired) electrons. The van der Waals surface area contributed by atoms with Gasteiger partial charge in [-0.15, -0.1) is 0 Å². The fraction of sp³-hybridized carbons (Fsp3) is 0.481. The van der Waals surface area contributed by atoms with E-state index >= 15 is 0 Å². The molecule has 0 aliphatic heterocycles. The molecular formula is C27H30F6N2O3. The highest BCUT2D eigenvalue weighted by Gasteiger charge is 2.37. The van der Waals surface area contributed by atoms with E-state index in [1.165, 1.54) is 0 Å². The largest absolute Gasteiger partial charge is 0.453 e. The van der Waals surface area contributed by atoms with Gasteiger partial charge in [0, 0.05) is 31.6 Å². The Morgan fingerprint density at radius 2 is 1.53 bits per heavy atom. The molecule has 0 aromatic heterocycles. The van der Waals surface area contributed by atoms with E-state index in [2.05, 4.69) is 5.32 Å². The molecule has 5 nitrogen and oxygen atoms in total. The summed E-state index contributed by atoms with van der Waals surface area (Å²) in [6, 6.07) is 5.14. The Labute approximate surface area is 217 Å². The van der Waals surface area contributed by atoms with Crippen LogP contribution in [0.4, 0.5) is 36.8 Å². The van der Waals surface area contributed by atoms with E-state index < -0.39 is 36.1 Å². The van der Waals surface area contributed by atoms with Crippen LogP contribution in [0.25, 0.3) is 0 Å². The number of rotatable bonds is 10. The van der Waals surface area contributed by atoms with Gasteiger partial charge in [0.1, 0.15) is 5.78 Å². The Balaban J connectivity index is 1.91. The van der Waals surface area contributed by atoms with Crippen molar-refractivity contribution in [3.05, 3.63) is 63.7 Å². The van der Waals surface area contributed by atoms with E-state index in [4.69, 9.17) is 4.74 Å². The zero-order valence-corrected chi connectivity index (χ0v) is 21.2. The molecule has 0 spiro atoms. The first-order chi connectivity index (χ1) is 17.8. The Hall–Kier alpha value is -3.24. The van der Waals surface area contributed by atoms with Crippen LogP contribution in [0.3, 0.4) is 0 Å². The van der Waals surface area contributed by atoms with Crippen LogP contribution < -0.4 is 5.32 Å². The number of methoxy groups -OCH3 is 1. The molecule has 2 aromatic carbocycles. The third-order valence-corrected chi connectivity index (χ3v) is 6.47. The molecule has 1 amide bonds. The van der Waals surface area contributed by atoms with Gasteiger partial charge in [-0.05, 0) is 72.2 Å². The molecule has 0 unspecified atom stereocenters. The average molecular weight is 545 g/mol. The summed E-state index contributed by atoms with van der Waals surface area (Å²) in [4.78, 5) is 25.3. The SMILES string of the molecule is CCC(=O)CCCNc1cc2c(cc1CN(Cc1cc(C(F)(F)F)cc(C(F)(F)F)c1)C(=O)OC)CCC2. The zero-order chi connectivity index (χ0) is 28.1. The lowest BCUT2D eigenvalue weighted by atomic mass is 10.0. The Bertz CT molecular complexity index is 1130. The molecule has 0 fully saturated rings. The Kier molecular flexibility index (Phi) is 9.32. The van der Waals surface area contributed by atoms with E-state index in [-0.39, 0.29) is 24.0 Å². The number of nitrogens with one attached hydrogen (secondary N) is 1. The normalized spacial score (nSPS) is 13.3. The molecule has 208 valence electrons. The summed E-state index contributed by atoms with van der Waals surface area (Å²) < 4.78 is 84.9. The number of hydrogen-bond donors (Lipinski definition) is 1. The number of ether oxygens (including phenoxy) is 1. The van der Waals surface area contributed by atoms with Crippen LogP contribution in [0.2, 0.25) is 0 Å². The van der Waals surface area contributed by atoms with E-state index in [0.29, 0.717) is 49.2 Å². The van der Waals surface area contributed by atoms with Gasteiger partial charge in [0.2, 0.25) is 0 Å². The molecule has 1 aliphatic carbocycles. The summed E-state index contributed by atoms with van der Waals surface area (Å²) in [5.41, 5.74) is 0.339. The van der Waals surface area contributed by atoms with Gasteiger partial charge in [0.15, 0.2) is 0 Å². The molecule has 0 saturated heterocycles. The van der Waals surface area contributed by atoms with E-state index in [0.717, 1.165) is 42.4 Å². The number of amides is 1. The van der Waals surface area contributed by atoms with Gasteiger partial charge in [-0.1, -0.05) is 13.0 Å². The van der Waals surface area contributed by atoms with Crippen LogP contribution in [0, 0.1) is 0 Å². The number of nitrogens with zero attached hydrogens (tertiary/aromatic N) is 1. The van der Waals surface area contributed by atoms with Crippen LogP contribution in [-0.4, -0.2) is 30.4 Å². The standard InChI is InChI=1S/C27H30F6N2O3/c1-3-23(36)8-5-9-34-24-13-19-7-4-6-18(19)12-20(24)16-35(25(37)38-2)15-17-10-21(26(28,29)30)14-22(11-17)27(31,32)33/h10-14,34H,3-9,15-16H2,1-2H3. The van der Waals surface area contributed by atoms with Crippen molar-refractivity contribution in [2.75, 3.05) is 19.0 Å². The number of hydrogen-bond acceptors (Lipinski definition) is 4. The maximum Gasteiger partial charge on any atom is 0.416 e. The minimum atomic E-state index is -5.00. The second-order valence-corrected chi connectivity index (χ2v) is 9.29. The number of ketones is 1. The second-order valence-electron chi connectivity index (χ2n) is 9.29. The summed E-state index contributed by atoms with van der Waals surface area (Å²) in [6.07, 6.45) is -6.78. The number of anilines is 1. The molecule has 38 heavy (non-hydrogen) atoms. The first-order valence-electron chi connectivity index (χ1n) is 12.3. The van der Waals surface area contributed by atoms with Crippen LogP contribution >= 0.6 is 0 Å². The number of alkyl halides is 6. The van der Waals surface area contributed by atoms with Gasteiger partial charge >= 0.3 is 18.4 Å². The van der Waals surface area contributed by atoms with Crippen molar-refractivity contribution in [1.29, 1.82) is 0 Å². The minimum Gasteiger partial charge on any atom is -0.453 e. The quantitative estimate of drug-likeness (QED) is 0.255. The van der Waals surface area contributed by atoms with Gasteiger partial charge in [0.05, 0.1) is 24.8 Å². The van der Waals surface area contributed by atoms with E-state index in [1.54, 1.807) is 6.92 Å². The van der Waals surface area contributed by atoms with Crippen molar-refractivity contribution >= 4 is 17.6 Å².